The SMILES string of the molecule is CCC1(O)CN(S(=O)(=O)c2cccc(F)c2)C1. The predicted octanol–water partition coefficient (Wildman–Crippen LogP) is 0.971. The number of nitrogens with zero attached hydrogens (tertiary/aromatic N) is 1. The first-order valence-electron chi connectivity index (χ1n) is 5.35. The minimum atomic E-state index is -3.67. The van der Waals surface area contributed by atoms with Crippen molar-refractivity contribution >= 4 is 10.0 Å². The standard InChI is InChI=1S/C11H14FNO3S/c1-2-11(14)7-13(8-11)17(15,16)10-5-3-4-9(12)6-10/h3-6,14H,2,7-8H2,1H3. The van der Waals surface area contributed by atoms with Gasteiger partial charge in [-0.3, -0.25) is 0 Å². The third-order valence-corrected chi connectivity index (χ3v) is 4.82. The van der Waals surface area contributed by atoms with Crippen molar-refractivity contribution in [3.05, 3.63) is 30.1 Å². The van der Waals surface area contributed by atoms with Crippen LogP contribution in [0.4, 0.5) is 4.39 Å². The molecule has 2 rings (SSSR count). The molecule has 0 aromatic heterocycles. The molecule has 0 spiro atoms. The van der Waals surface area contributed by atoms with Gasteiger partial charge in [-0.2, -0.15) is 4.31 Å². The second-order valence-electron chi connectivity index (χ2n) is 4.31. The number of halogens is 1. The Morgan fingerprint density at radius 3 is 2.65 bits per heavy atom. The average molecular weight is 259 g/mol. The second kappa shape index (κ2) is 4.04. The van der Waals surface area contributed by atoms with Gasteiger partial charge in [0.1, 0.15) is 5.82 Å². The summed E-state index contributed by atoms with van der Waals surface area (Å²) in [6.45, 7) is 1.94. The first-order chi connectivity index (χ1) is 7.87. The molecule has 1 aromatic carbocycles. The van der Waals surface area contributed by atoms with Crippen LogP contribution in [0, 0.1) is 5.82 Å². The highest BCUT2D eigenvalue weighted by Crippen LogP contribution is 2.30. The molecule has 0 saturated carbocycles. The maximum atomic E-state index is 13.0. The topological polar surface area (TPSA) is 57.6 Å². The Balaban J connectivity index is 2.22. The average Bonchev–Trinajstić information content (AvgIpc) is 2.24. The van der Waals surface area contributed by atoms with E-state index >= 15 is 0 Å². The molecule has 1 N–H and O–H groups in total. The zero-order chi connectivity index (χ0) is 12.7. The zero-order valence-corrected chi connectivity index (χ0v) is 10.2. The molecule has 0 unspecified atom stereocenters. The number of benzene rings is 1. The highest BCUT2D eigenvalue weighted by molar-refractivity contribution is 7.89. The van der Waals surface area contributed by atoms with Gasteiger partial charge in [0, 0.05) is 13.1 Å². The lowest BCUT2D eigenvalue weighted by Crippen LogP contribution is -2.62. The number of rotatable bonds is 3. The highest BCUT2D eigenvalue weighted by atomic mass is 32.2. The van der Waals surface area contributed by atoms with E-state index in [0.29, 0.717) is 6.42 Å². The molecule has 1 aliphatic rings. The quantitative estimate of drug-likeness (QED) is 0.880. The third-order valence-electron chi connectivity index (χ3n) is 3.03. The summed E-state index contributed by atoms with van der Waals surface area (Å²) in [7, 11) is -3.67. The molecular weight excluding hydrogens is 245 g/mol. The van der Waals surface area contributed by atoms with Crippen molar-refractivity contribution in [3.63, 3.8) is 0 Å². The van der Waals surface area contributed by atoms with E-state index in [1.807, 2.05) is 0 Å². The number of sulfonamides is 1. The number of hydrogen-bond donors (Lipinski definition) is 1. The van der Waals surface area contributed by atoms with Gasteiger partial charge in [-0.05, 0) is 24.6 Å². The molecule has 4 nitrogen and oxygen atoms in total. The summed E-state index contributed by atoms with van der Waals surface area (Å²) in [5, 5.41) is 9.77. The fourth-order valence-electron chi connectivity index (χ4n) is 1.78. The summed E-state index contributed by atoms with van der Waals surface area (Å²) >= 11 is 0. The van der Waals surface area contributed by atoms with Crippen LogP contribution < -0.4 is 0 Å². The largest absolute Gasteiger partial charge is 0.387 e. The fraction of sp³-hybridized carbons (Fsp3) is 0.455. The van der Waals surface area contributed by atoms with Crippen molar-refractivity contribution in [3.8, 4) is 0 Å². The van der Waals surface area contributed by atoms with Gasteiger partial charge >= 0.3 is 0 Å². The lowest BCUT2D eigenvalue weighted by Gasteiger charge is -2.44. The monoisotopic (exact) mass is 259 g/mol. The molecule has 17 heavy (non-hydrogen) atoms. The molecule has 1 aliphatic heterocycles. The van der Waals surface area contributed by atoms with Gasteiger partial charge in [-0.1, -0.05) is 13.0 Å². The predicted molar refractivity (Wildman–Crippen MR) is 60.4 cm³/mol. The minimum Gasteiger partial charge on any atom is -0.387 e. The van der Waals surface area contributed by atoms with Crippen molar-refractivity contribution in [1.29, 1.82) is 0 Å². The molecule has 1 saturated heterocycles. The summed E-state index contributed by atoms with van der Waals surface area (Å²) in [5.41, 5.74) is -0.930. The third kappa shape index (κ3) is 2.20. The summed E-state index contributed by atoms with van der Waals surface area (Å²) in [6, 6.07) is 4.88. The van der Waals surface area contributed by atoms with Crippen LogP contribution in [0.2, 0.25) is 0 Å². The van der Waals surface area contributed by atoms with E-state index in [1.165, 1.54) is 18.2 Å². The van der Waals surface area contributed by atoms with Gasteiger partial charge in [-0.15, -0.1) is 0 Å². The van der Waals surface area contributed by atoms with Crippen LogP contribution in [0.3, 0.4) is 0 Å². The van der Waals surface area contributed by atoms with Crippen molar-refractivity contribution in [2.24, 2.45) is 0 Å². The number of hydrogen-bond acceptors (Lipinski definition) is 3. The molecule has 0 atom stereocenters. The van der Waals surface area contributed by atoms with Crippen LogP contribution in [0.5, 0.6) is 0 Å². The summed E-state index contributed by atoms with van der Waals surface area (Å²) in [6.07, 6.45) is 0.502. The van der Waals surface area contributed by atoms with Crippen molar-refractivity contribution in [1.82, 2.24) is 4.31 Å². The van der Waals surface area contributed by atoms with Crippen LogP contribution >= 0.6 is 0 Å². The van der Waals surface area contributed by atoms with Gasteiger partial charge in [0.05, 0.1) is 10.5 Å². The molecule has 0 amide bonds. The fourth-order valence-corrected chi connectivity index (χ4v) is 3.41. The Kier molecular flexibility index (Phi) is 2.97. The van der Waals surface area contributed by atoms with Gasteiger partial charge in [-0.25, -0.2) is 12.8 Å². The molecule has 0 radical (unpaired) electrons. The Labute approximate surface area is 99.7 Å². The maximum Gasteiger partial charge on any atom is 0.243 e. The van der Waals surface area contributed by atoms with E-state index in [-0.39, 0.29) is 18.0 Å². The van der Waals surface area contributed by atoms with E-state index in [2.05, 4.69) is 0 Å². The normalized spacial score (nSPS) is 19.9. The van der Waals surface area contributed by atoms with Gasteiger partial charge in [0.2, 0.25) is 10.0 Å². The Hall–Kier alpha value is -0.980. The Morgan fingerprint density at radius 2 is 2.12 bits per heavy atom. The highest BCUT2D eigenvalue weighted by Gasteiger charge is 2.45. The first kappa shape index (κ1) is 12.5. The van der Waals surface area contributed by atoms with Crippen LogP contribution in [0.25, 0.3) is 0 Å². The molecule has 94 valence electrons. The van der Waals surface area contributed by atoms with E-state index in [4.69, 9.17) is 0 Å². The van der Waals surface area contributed by atoms with Crippen molar-refractivity contribution in [2.45, 2.75) is 23.8 Å². The molecule has 1 heterocycles. The molecule has 0 bridgehead atoms. The van der Waals surface area contributed by atoms with Crippen molar-refractivity contribution < 1.29 is 17.9 Å². The summed E-state index contributed by atoms with van der Waals surface area (Å²) in [4.78, 5) is -0.0735. The smallest absolute Gasteiger partial charge is 0.243 e. The zero-order valence-electron chi connectivity index (χ0n) is 9.43. The van der Waals surface area contributed by atoms with Crippen LogP contribution in [0.15, 0.2) is 29.2 Å². The molecule has 1 fully saturated rings. The maximum absolute atomic E-state index is 13.0. The minimum absolute atomic E-state index is 0.0718. The van der Waals surface area contributed by atoms with E-state index in [0.717, 1.165) is 10.4 Å². The Bertz CT molecular complexity index is 523. The van der Waals surface area contributed by atoms with Gasteiger partial charge in [0.25, 0.3) is 0 Å². The lowest BCUT2D eigenvalue weighted by atomic mass is 9.94. The van der Waals surface area contributed by atoms with E-state index in [9.17, 15) is 17.9 Å². The second-order valence-corrected chi connectivity index (χ2v) is 6.25. The molecular formula is C11H14FNO3S. The van der Waals surface area contributed by atoms with Crippen LogP contribution in [0.1, 0.15) is 13.3 Å². The summed E-state index contributed by atoms with van der Waals surface area (Å²) < 4.78 is 38.2. The number of β-amino-alcohol motifs (C(OH)–C–C–N with tert-alkyl or cyclic N) is 1. The first-order valence-corrected chi connectivity index (χ1v) is 6.79. The van der Waals surface area contributed by atoms with E-state index < -0.39 is 21.4 Å². The van der Waals surface area contributed by atoms with Crippen molar-refractivity contribution in [2.75, 3.05) is 13.1 Å². The molecule has 0 aliphatic carbocycles. The van der Waals surface area contributed by atoms with Crippen LogP contribution in [-0.2, 0) is 10.0 Å². The van der Waals surface area contributed by atoms with E-state index in [1.54, 1.807) is 6.92 Å². The lowest BCUT2D eigenvalue weighted by molar-refractivity contribution is -0.0613. The van der Waals surface area contributed by atoms with Crippen LogP contribution in [-0.4, -0.2) is 36.5 Å². The summed E-state index contributed by atoms with van der Waals surface area (Å²) in [5.74, 6) is -0.586. The Morgan fingerprint density at radius 1 is 1.47 bits per heavy atom. The number of aliphatic hydroxyl groups is 1. The van der Waals surface area contributed by atoms with Gasteiger partial charge < -0.3 is 5.11 Å². The van der Waals surface area contributed by atoms with Gasteiger partial charge in [0.15, 0.2) is 0 Å². The molecule has 1 aromatic rings. The molecule has 6 heteroatoms.